The Kier molecular flexibility index (Phi) is 12.7. The largest absolute Gasteiger partial charge is 0.456 e. The predicted octanol–water partition coefficient (Wildman–Crippen LogP) is 6.09. The highest BCUT2D eigenvalue weighted by Crippen LogP contribution is 2.13. The lowest BCUT2D eigenvalue weighted by atomic mass is 10.1. The number of H-pyrrole nitrogens is 1. The Morgan fingerprint density at radius 2 is 1.25 bits per heavy atom. The molecule has 5 aromatic rings. The molecule has 0 bridgehead atoms. The van der Waals surface area contributed by atoms with Gasteiger partial charge in [-0.1, -0.05) is 53.1 Å². The number of nitrogens with one attached hydrogen (secondary N) is 1. The van der Waals surface area contributed by atoms with Crippen LogP contribution in [0.4, 0.5) is 0 Å². The zero-order chi connectivity index (χ0) is 35.6. The van der Waals surface area contributed by atoms with Crippen LogP contribution in [0.2, 0.25) is 0 Å². The summed E-state index contributed by atoms with van der Waals surface area (Å²) in [6.07, 6.45) is 1.21. The van der Waals surface area contributed by atoms with Gasteiger partial charge in [0.25, 0.3) is 5.56 Å². The lowest BCUT2D eigenvalue weighted by molar-refractivity contribution is 0.00694. The number of sulfone groups is 1. The van der Waals surface area contributed by atoms with Gasteiger partial charge in [-0.3, -0.25) is 14.8 Å². The molecule has 0 amide bonds. The number of aromatic nitrogens is 2. The van der Waals surface area contributed by atoms with Crippen LogP contribution in [-0.2, 0) is 14.6 Å². The van der Waals surface area contributed by atoms with Gasteiger partial charge in [0.2, 0.25) is 0 Å². The van der Waals surface area contributed by atoms with E-state index in [1.807, 2.05) is 77.9 Å². The molecule has 6 rings (SSSR count). The normalized spacial score (nSPS) is 11.6. The first-order valence-electron chi connectivity index (χ1n) is 15.4. The Morgan fingerprint density at radius 1 is 0.729 bits per heavy atom. The van der Waals surface area contributed by atoms with Gasteiger partial charge in [-0.05, 0) is 109 Å². The average Bonchev–Trinajstić information content (AvgIpc) is 3.46. The maximum atomic E-state index is 11.5. The number of hydrogen-bond donors (Lipinski definition) is 1. The van der Waals surface area contributed by atoms with Gasteiger partial charge in [-0.15, -0.1) is 0 Å². The fraction of sp³-hybridized carbons (Fsp3) is 0.289. The predicted molar refractivity (Wildman–Crippen MR) is 191 cm³/mol. The molecule has 1 N–H and O–H groups in total. The van der Waals surface area contributed by atoms with Crippen molar-refractivity contribution in [3.05, 3.63) is 140 Å². The number of carbonyl (C=O) groups is 1. The number of nitrogens with zero attached hydrogens (tertiary/aromatic N) is 3. The first kappa shape index (κ1) is 37.5. The molecule has 10 heteroatoms. The van der Waals surface area contributed by atoms with Crippen molar-refractivity contribution in [2.45, 2.75) is 65.9 Å². The Balaban J connectivity index is 0.000000175. The number of aromatic amines is 1. The molecule has 0 saturated carbocycles. The molecule has 4 aromatic carbocycles. The molecule has 0 spiro atoms. The first-order chi connectivity index (χ1) is 22.4. The fourth-order valence-corrected chi connectivity index (χ4v) is 4.89. The summed E-state index contributed by atoms with van der Waals surface area (Å²) in [7, 11) is -3.02. The van der Waals surface area contributed by atoms with Gasteiger partial charge in [0.05, 0.1) is 32.1 Å². The highest BCUT2D eigenvalue weighted by atomic mass is 32.2. The first-order valence-corrected chi connectivity index (χ1v) is 17.3. The minimum Gasteiger partial charge on any atom is -0.456 e. The zero-order valence-corrected chi connectivity index (χ0v) is 29.9. The topological polar surface area (TPSA) is 131 Å². The molecule has 1 aliphatic heterocycles. The second-order valence-corrected chi connectivity index (χ2v) is 14.6. The number of ether oxygens (including phenoxy) is 1. The average molecular weight is 669 g/mol. The monoisotopic (exact) mass is 668 g/mol. The summed E-state index contributed by atoms with van der Waals surface area (Å²) >= 11 is 0. The Bertz CT molecular complexity index is 2170. The van der Waals surface area contributed by atoms with E-state index in [2.05, 4.69) is 39.0 Å². The smallest absolute Gasteiger partial charge is 0.338 e. The molecule has 9 nitrogen and oxygen atoms in total. The number of carbonyl (C=O) groups excluding carboxylic acids is 1. The van der Waals surface area contributed by atoms with Crippen LogP contribution < -0.4 is 16.3 Å². The van der Waals surface area contributed by atoms with Gasteiger partial charge in [-0.25, -0.2) is 18.2 Å². The molecular weight excluding hydrogens is 625 g/mol. The molecule has 0 atom stereocenters. The molecule has 2 heterocycles. The number of esters is 1. The summed E-state index contributed by atoms with van der Waals surface area (Å²) in [6, 6.07) is 26.0. The van der Waals surface area contributed by atoms with Crippen molar-refractivity contribution in [3.63, 3.8) is 0 Å². The van der Waals surface area contributed by atoms with Gasteiger partial charge >= 0.3 is 5.97 Å². The van der Waals surface area contributed by atoms with Crippen molar-refractivity contribution >= 4 is 26.7 Å². The van der Waals surface area contributed by atoms with E-state index in [0.717, 1.165) is 32.9 Å². The van der Waals surface area contributed by atoms with Gasteiger partial charge < -0.3 is 9.72 Å². The van der Waals surface area contributed by atoms with Crippen LogP contribution in [0, 0.1) is 34.6 Å². The quantitative estimate of drug-likeness (QED) is 0.227. The van der Waals surface area contributed by atoms with Gasteiger partial charge in [0.1, 0.15) is 18.1 Å². The van der Waals surface area contributed by atoms with Crippen molar-refractivity contribution in [3.8, 4) is 0 Å². The van der Waals surface area contributed by atoms with E-state index in [9.17, 15) is 18.0 Å². The van der Waals surface area contributed by atoms with E-state index in [0.29, 0.717) is 28.3 Å². The second kappa shape index (κ2) is 16.2. The molecule has 48 heavy (non-hydrogen) atoms. The van der Waals surface area contributed by atoms with E-state index < -0.39 is 15.4 Å². The standard InChI is InChI=1S/C12H16O2.C10H10N2O.C8H8N2.C8H10O2S/c1-9-5-7-10(8-6-9)11(13)14-12(2,3)4;1-6-3-4-9-8(5-6)10(13)12-7(2)11-9;1-6-2-3-7-8(4-6)10-5-9-7;1-7-3-5-8(6-4-7)11(2,9)10/h5-8H,1-4H3;3-5H,1-2H3,(H,11,12,13);2-4H,5H2,1H3;3-6H,1-2H3. The highest BCUT2D eigenvalue weighted by Gasteiger charge is 2.17. The molecule has 1 aromatic heterocycles. The van der Waals surface area contributed by atoms with Gasteiger partial charge in [0.15, 0.2) is 9.84 Å². The summed E-state index contributed by atoms with van der Waals surface area (Å²) in [6.45, 7) is 15.9. The molecule has 0 unspecified atom stereocenters. The van der Waals surface area contributed by atoms with Crippen molar-refractivity contribution in [2.24, 2.45) is 9.98 Å². The number of fused-ring (bicyclic) bond motifs is 2. The lowest BCUT2D eigenvalue weighted by Gasteiger charge is -2.19. The summed E-state index contributed by atoms with van der Waals surface area (Å²) in [4.78, 5) is 38.6. The molecule has 0 aliphatic carbocycles. The Hall–Kier alpha value is -4.96. The van der Waals surface area contributed by atoms with E-state index >= 15 is 0 Å². The van der Waals surface area contributed by atoms with Crippen LogP contribution in [0.3, 0.4) is 0 Å². The number of rotatable bonds is 2. The van der Waals surface area contributed by atoms with E-state index in [1.165, 1.54) is 11.8 Å². The van der Waals surface area contributed by atoms with Crippen molar-refractivity contribution < 1.29 is 17.9 Å². The number of benzene rings is 4. The summed E-state index contributed by atoms with van der Waals surface area (Å²) in [5.74, 6) is 0.388. The Morgan fingerprint density at radius 3 is 1.83 bits per heavy atom. The SMILES string of the molecule is Cc1ccc(C(=O)OC(C)(C)C)cc1.Cc1ccc(S(C)(=O)=O)cc1.Cc1ccc2c(c1)=NCN=2.Cc1ccc2nc(C)[nH]c(=O)c2c1. The highest BCUT2D eigenvalue weighted by molar-refractivity contribution is 7.90. The summed E-state index contributed by atoms with van der Waals surface area (Å²) in [5, 5.41) is 2.73. The van der Waals surface area contributed by atoms with Crippen LogP contribution in [0.1, 0.15) is 59.2 Å². The minimum absolute atomic E-state index is 0.0637. The summed E-state index contributed by atoms with van der Waals surface area (Å²) in [5.41, 5.74) is 5.39. The zero-order valence-electron chi connectivity index (χ0n) is 29.1. The second-order valence-electron chi connectivity index (χ2n) is 12.6. The summed E-state index contributed by atoms with van der Waals surface area (Å²) < 4.78 is 27.1. The van der Waals surface area contributed by atoms with Gasteiger partial charge in [0, 0.05) is 6.26 Å². The van der Waals surface area contributed by atoms with Gasteiger partial charge in [-0.2, -0.15) is 0 Å². The molecular formula is C38H44N4O5S. The third kappa shape index (κ3) is 12.0. The van der Waals surface area contributed by atoms with Crippen LogP contribution in [0.25, 0.3) is 10.9 Å². The fourth-order valence-electron chi connectivity index (χ4n) is 4.26. The van der Waals surface area contributed by atoms with Crippen LogP contribution >= 0.6 is 0 Å². The lowest BCUT2D eigenvalue weighted by Crippen LogP contribution is -2.23. The van der Waals surface area contributed by atoms with Crippen LogP contribution in [0.5, 0.6) is 0 Å². The van der Waals surface area contributed by atoms with Crippen molar-refractivity contribution in [1.82, 2.24) is 9.97 Å². The van der Waals surface area contributed by atoms with Crippen molar-refractivity contribution in [1.29, 1.82) is 0 Å². The van der Waals surface area contributed by atoms with Crippen LogP contribution in [-0.4, -0.2) is 42.9 Å². The Labute approximate surface area is 282 Å². The van der Waals surface area contributed by atoms with Crippen molar-refractivity contribution in [2.75, 3.05) is 12.9 Å². The maximum Gasteiger partial charge on any atom is 0.338 e. The molecule has 1 aliphatic rings. The van der Waals surface area contributed by atoms with Crippen LogP contribution in [0.15, 0.2) is 105 Å². The maximum absolute atomic E-state index is 11.5. The third-order valence-electron chi connectivity index (χ3n) is 6.73. The third-order valence-corrected chi connectivity index (χ3v) is 7.86. The van der Waals surface area contributed by atoms with E-state index in [4.69, 9.17) is 4.74 Å². The number of aryl methyl sites for hydroxylation is 5. The van der Waals surface area contributed by atoms with E-state index in [-0.39, 0.29) is 11.5 Å². The molecule has 0 saturated heterocycles. The van der Waals surface area contributed by atoms with E-state index in [1.54, 1.807) is 43.3 Å². The molecule has 252 valence electrons. The molecule has 0 radical (unpaired) electrons. The minimum atomic E-state index is -3.02. The number of hydrogen-bond acceptors (Lipinski definition) is 8. The molecule has 0 fully saturated rings.